The van der Waals surface area contributed by atoms with Gasteiger partial charge in [-0.1, -0.05) is 19.9 Å². The van der Waals surface area contributed by atoms with Crippen molar-refractivity contribution in [3.63, 3.8) is 0 Å². The number of hydrogen-bond acceptors (Lipinski definition) is 26. The van der Waals surface area contributed by atoms with Gasteiger partial charge >= 0.3 is 17.9 Å². The fourth-order valence-corrected chi connectivity index (χ4v) is 7.96. The van der Waals surface area contributed by atoms with Crippen molar-refractivity contribution < 1.29 is 128 Å². The molecule has 0 spiro atoms. The molecule has 3 unspecified atom stereocenters. The van der Waals surface area contributed by atoms with Crippen LogP contribution in [0.2, 0.25) is 0 Å². The maximum absolute atomic E-state index is 12.7. The summed E-state index contributed by atoms with van der Waals surface area (Å²) in [5.41, 5.74) is 0.586. The first-order valence-electron chi connectivity index (χ1n) is 21.5. The highest BCUT2D eigenvalue weighted by Crippen LogP contribution is 2.45. The topological polar surface area (TPSA) is 403 Å². The molecule has 6 rings (SSSR count). The Morgan fingerprint density at radius 3 is 1.96 bits per heavy atom. The molecule has 69 heavy (non-hydrogen) atoms. The Morgan fingerprint density at radius 2 is 1.33 bits per heavy atom. The maximum Gasteiger partial charge on any atom is 0.338 e. The Morgan fingerprint density at radius 1 is 0.739 bits per heavy atom. The van der Waals surface area contributed by atoms with E-state index in [-0.39, 0.29) is 11.1 Å². The summed E-state index contributed by atoms with van der Waals surface area (Å²) in [5, 5.41) is 127. The summed E-state index contributed by atoms with van der Waals surface area (Å²) in [6.07, 6.45) is -24.1. The highest BCUT2D eigenvalue weighted by atomic mass is 16.8. The van der Waals surface area contributed by atoms with Gasteiger partial charge in [-0.2, -0.15) is 0 Å². The minimum absolute atomic E-state index is 0.0465. The molecule has 12 N–H and O–H groups in total. The number of allylic oxidation sites excluding steroid dienone is 1. The zero-order valence-corrected chi connectivity index (χ0v) is 37.1. The Kier molecular flexibility index (Phi) is 17.8. The summed E-state index contributed by atoms with van der Waals surface area (Å²) in [7, 11) is 1.19. The lowest BCUT2D eigenvalue weighted by molar-refractivity contribution is -0.352. The quantitative estimate of drug-likeness (QED) is 0.0302. The molecule has 1 aliphatic carbocycles. The number of phenols is 2. The van der Waals surface area contributed by atoms with Gasteiger partial charge in [0.05, 0.1) is 38.1 Å². The monoisotopic (exact) mass is 988 g/mol. The number of rotatable bonds is 17. The number of carbonyl (C=O) groups is 4. The highest BCUT2D eigenvalue weighted by Gasteiger charge is 2.52. The van der Waals surface area contributed by atoms with Crippen LogP contribution in [0, 0.1) is 17.8 Å². The molecule has 4 heterocycles. The number of Topliss-reactive ketones (excluding diaryl/α,β-unsaturated/α-hetero) is 1. The number of phenolic OH excluding ortho intramolecular Hbond substituents is 2. The second-order valence-corrected chi connectivity index (χ2v) is 17.0. The zero-order chi connectivity index (χ0) is 50.6. The fraction of sp³-hybridized carbons (Fsp3) is 0.628. The highest BCUT2D eigenvalue weighted by molar-refractivity contribution is 5.89. The van der Waals surface area contributed by atoms with Crippen LogP contribution in [0.25, 0.3) is 6.08 Å². The molecule has 0 radical (unpaired) electrons. The summed E-state index contributed by atoms with van der Waals surface area (Å²) >= 11 is 0. The number of ketones is 1. The number of fused-ring (bicyclic) bond motifs is 1. The molecule has 26 nitrogen and oxygen atoms in total. The number of benzene rings is 1. The molecule has 5 aliphatic rings. The number of methoxy groups -OCH3 is 1. The Labute approximate surface area is 391 Å². The van der Waals surface area contributed by atoms with E-state index >= 15 is 0 Å². The average molecular weight is 989 g/mol. The second kappa shape index (κ2) is 22.9. The van der Waals surface area contributed by atoms with E-state index in [0.717, 1.165) is 30.5 Å². The van der Waals surface area contributed by atoms with E-state index in [9.17, 15) is 80.5 Å². The molecule has 18 atom stereocenters. The molecule has 0 aromatic heterocycles. The van der Waals surface area contributed by atoms with E-state index < -0.39 is 184 Å². The van der Waals surface area contributed by atoms with Crippen LogP contribution in [-0.4, -0.2) is 217 Å². The van der Waals surface area contributed by atoms with Gasteiger partial charge in [-0.05, 0) is 35.8 Å². The molecule has 4 aliphatic heterocycles. The third kappa shape index (κ3) is 11.8. The summed E-state index contributed by atoms with van der Waals surface area (Å²) < 4.78 is 53.9. The van der Waals surface area contributed by atoms with Gasteiger partial charge in [-0.3, -0.25) is 4.79 Å². The molecular weight excluding hydrogens is 932 g/mol. The van der Waals surface area contributed by atoms with Crippen LogP contribution in [0.5, 0.6) is 17.2 Å². The van der Waals surface area contributed by atoms with Crippen molar-refractivity contribution in [3.8, 4) is 17.2 Å². The number of aliphatic hydroxyl groups excluding tert-OH is 10. The van der Waals surface area contributed by atoms with Crippen LogP contribution in [0.1, 0.15) is 25.8 Å². The Hall–Kier alpha value is -4.88. The smallest absolute Gasteiger partial charge is 0.338 e. The van der Waals surface area contributed by atoms with Crippen LogP contribution in [-0.2, 0) is 61.8 Å². The molecule has 26 heteroatoms. The zero-order valence-electron chi connectivity index (χ0n) is 37.1. The van der Waals surface area contributed by atoms with E-state index in [2.05, 4.69) is 0 Å². The molecule has 384 valence electrons. The Bertz CT molecular complexity index is 2070. The third-order valence-electron chi connectivity index (χ3n) is 12.1. The number of carbonyl (C=O) groups excluding carboxylic acids is 4. The summed E-state index contributed by atoms with van der Waals surface area (Å²) in [4.78, 5) is 49.5. The van der Waals surface area contributed by atoms with E-state index in [1.807, 2.05) is 0 Å². The van der Waals surface area contributed by atoms with Crippen molar-refractivity contribution in [2.75, 3.05) is 33.5 Å². The number of aromatic hydroxyl groups is 2. The minimum atomic E-state index is -2.05. The SMILES string of the molecule is COC(=O)C1=COC(O[C@@H]2O[C@H](CO[C@@H]3O[C@H](COC(=O)/C=C/c4cc(O)c(O[C@@H]5O[C@H](C(=O)OCC(=O)C(C)C)[C@@H](O)[C@H](O)[C@H]5O)c(O)c4)[C@@H](O)[C@H](O)[C@H]3O)[C@@H](O)[C@H](O)[C@H]2O)C2C(CO)=CCC12. The molecule has 0 saturated carbocycles. The van der Waals surface area contributed by atoms with E-state index in [1.165, 1.54) is 7.11 Å². The number of aliphatic hydroxyl groups is 10. The van der Waals surface area contributed by atoms with Crippen LogP contribution in [0.15, 0.2) is 41.7 Å². The van der Waals surface area contributed by atoms with Crippen molar-refractivity contribution in [1.29, 1.82) is 0 Å². The molecule has 0 bridgehead atoms. The summed E-state index contributed by atoms with van der Waals surface area (Å²) in [6, 6.07) is 1.94. The molecule has 1 aromatic rings. The van der Waals surface area contributed by atoms with Crippen LogP contribution in [0.4, 0.5) is 0 Å². The first-order valence-corrected chi connectivity index (χ1v) is 21.5. The number of ether oxygens (including phenoxy) is 10. The lowest BCUT2D eigenvalue weighted by Crippen LogP contribution is -2.62. The molecule has 0 amide bonds. The summed E-state index contributed by atoms with van der Waals surface area (Å²) in [5.74, 6) is -7.59. The third-order valence-corrected chi connectivity index (χ3v) is 12.1. The molecule has 3 saturated heterocycles. The molecular formula is C43H56O26. The van der Waals surface area contributed by atoms with Gasteiger partial charge in [0.2, 0.25) is 18.3 Å². The van der Waals surface area contributed by atoms with E-state index in [0.29, 0.717) is 12.0 Å². The lowest BCUT2D eigenvalue weighted by atomic mass is 9.83. The lowest BCUT2D eigenvalue weighted by Gasteiger charge is -2.44. The first kappa shape index (κ1) is 53.5. The van der Waals surface area contributed by atoms with Gasteiger partial charge < -0.3 is 109 Å². The van der Waals surface area contributed by atoms with Crippen LogP contribution < -0.4 is 4.74 Å². The van der Waals surface area contributed by atoms with Gasteiger partial charge in [-0.15, -0.1) is 0 Å². The largest absolute Gasteiger partial charge is 0.504 e. The van der Waals surface area contributed by atoms with Gasteiger partial charge in [0, 0.05) is 17.9 Å². The van der Waals surface area contributed by atoms with Gasteiger partial charge in [-0.25, -0.2) is 14.4 Å². The maximum atomic E-state index is 12.7. The van der Waals surface area contributed by atoms with Gasteiger partial charge in [0.1, 0.15) is 80.4 Å². The van der Waals surface area contributed by atoms with Crippen molar-refractivity contribution in [3.05, 3.63) is 47.3 Å². The first-order chi connectivity index (χ1) is 32.7. The van der Waals surface area contributed by atoms with Crippen molar-refractivity contribution in [1.82, 2.24) is 0 Å². The Balaban J connectivity index is 1.03. The normalized spacial score (nSPS) is 36.7. The van der Waals surface area contributed by atoms with Gasteiger partial charge in [0.15, 0.2) is 36.0 Å². The predicted octanol–water partition coefficient (Wildman–Crippen LogP) is -4.77. The summed E-state index contributed by atoms with van der Waals surface area (Å²) in [6.45, 7) is 0.569. The predicted molar refractivity (Wildman–Crippen MR) is 220 cm³/mol. The number of esters is 3. The van der Waals surface area contributed by atoms with Gasteiger partial charge in [0.25, 0.3) is 0 Å². The second-order valence-electron chi connectivity index (χ2n) is 17.0. The van der Waals surface area contributed by atoms with Crippen molar-refractivity contribution in [2.24, 2.45) is 17.8 Å². The average Bonchev–Trinajstić information content (AvgIpc) is 3.77. The molecule has 3 fully saturated rings. The minimum Gasteiger partial charge on any atom is -0.504 e. The molecule has 1 aromatic carbocycles. The van der Waals surface area contributed by atoms with Crippen molar-refractivity contribution >= 4 is 29.8 Å². The van der Waals surface area contributed by atoms with E-state index in [1.54, 1.807) is 19.9 Å². The van der Waals surface area contributed by atoms with Crippen LogP contribution in [0.3, 0.4) is 0 Å². The van der Waals surface area contributed by atoms with E-state index in [4.69, 9.17) is 47.4 Å². The number of hydrogen-bond donors (Lipinski definition) is 12. The van der Waals surface area contributed by atoms with Crippen molar-refractivity contribution in [2.45, 2.75) is 119 Å². The standard InChI is InChI=1S/C43H56O26/c1-15(2)22(47)12-62-39(59)37-32(54)31(53)35(57)43(68-37)67-36-20(45)8-16(9-21(36)46)4-7-25(48)61-13-23-27(49)29(51)33(55)41(65-23)64-14-24-28(50)30(52)34(56)42(66-24)69-40-26-17(10-44)5-6-18(26)19(11-63-40)38(58)60-3/h4-5,7-9,11,15,18,23-24,26-35,37,40-46,49-57H,6,10,12-14H2,1-3H3/b7-4+/t18?,23-,24-,26?,27-,28-,29+,30+,31+,32+,33-,34-,35-,37+,40?,41-,42+,43-/m1/s1. The fourth-order valence-electron chi connectivity index (χ4n) is 7.96. The van der Waals surface area contributed by atoms with Crippen LogP contribution >= 0.6 is 0 Å².